The lowest BCUT2D eigenvalue weighted by Gasteiger charge is -2.29. The van der Waals surface area contributed by atoms with Crippen molar-refractivity contribution in [2.75, 3.05) is 6.54 Å². The molecule has 2 amide bonds. The Morgan fingerprint density at radius 3 is 2.31 bits per heavy atom. The van der Waals surface area contributed by atoms with Crippen LogP contribution in [0.3, 0.4) is 0 Å². The molecule has 0 aliphatic rings. The Balaban J connectivity index is 1.78. The zero-order valence-corrected chi connectivity index (χ0v) is 19.7. The van der Waals surface area contributed by atoms with Gasteiger partial charge >= 0.3 is 0 Å². The van der Waals surface area contributed by atoms with Crippen molar-refractivity contribution in [3.63, 3.8) is 0 Å². The predicted molar refractivity (Wildman–Crippen MR) is 132 cm³/mol. The summed E-state index contributed by atoms with van der Waals surface area (Å²) >= 11 is 6.36. The minimum atomic E-state index is -0.593. The van der Waals surface area contributed by atoms with Gasteiger partial charge in [-0.1, -0.05) is 86.1 Å². The van der Waals surface area contributed by atoms with Crippen molar-refractivity contribution < 1.29 is 9.59 Å². The Hall–Kier alpha value is -2.85. The molecule has 0 heterocycles. The van der Waals surface area contributed by atoms with E-state index in [4.69, 9.17) is 11.6 Å². The van der Waals surface area contributed by atoms with Crippen molar-refractivity contribution in [1.82, 2.24) is 10.2 Å². The molecule has 0 aliphatic heterocycles. The van der Waals surface area contributed by atoms with Crippen LogP contribution >= 0.6 is 11.6 Å². The Morgan fingerprint density at radius 2 is 1.56 bits per heavy atom. The van der Waals surface area contributed by atoms with Gasteiger partial charge in [0, 0.05) is 24.5 Å². The largest absolute Gasteiger partial charge is 0.354 e. The number of carbonyl (C=O) groups is 2. The van der Waals surface area contributed by atoms with E-state index in [-0.39, 0.29) is 11.8 Å². The van der Waals surface area contributed by atoms with Crippen LogP contribution in [0, 0.1) is 5.92 Å². The summed E-state index contributed by atoms with van der Waals surface area (Å²) in [5, 5.41) is 5.86. The van der Waals surface area contributed by atoms with Crippen LogP contribution in [0.2, 0.25) is 5.02 Å². The number of rotatable bonds is 9. The van der Waals surface area contributed by atoms with Crippen molar-refractivity contribution in [2.24, 2.45) is 5.92 Å². The van der Waals surface area contributed by atoms with E-state index in [1.54, 1.807) is 17.9 Å². The van der Waals surface area contributed by atoms with Crippen molar-refractivity contribution in [2.45, 2.75) is 46.2 Å². The van der Waals surface area contributed by atoms with Gasteiger partial charge in [-0.3, -0.25) is 9.59 Å². The molecule has 4 nitrogen and oxygen atoms in total. The second-order valence-electron chi connectivity index (χ2n) is 8.57. The third-order valence-electron chi connectivity index (χ3n) is 5.64. The van der Waals surface area contributed by atoms with Crippen LogP contribution in [-0.2, 0) is 22.6 Å². The number of nitrogens with one attached hydrogen (secondary N) is 1. The molecule has 0 aromatic heterocycles. The molecular weight excluding hydrogens is 420 g/mol. The highest BCUT2D eigenvalue weighted by Gasteiger charge is 2.26. The van der Waals surface area contributed by atoms with Crippen molar-refractivity contribution in [3.05, 3.63) is 82.9 Å². The van der Waals surface area contributed by atoms with Gasteiger partial charge in [0.15, 0.2) is 0 Å². The molecule has 3 aromatic carbocycles. The Bertz CT molecular complexity index is 1070. The molecule has 0 saturated heterocycles. The van der Waals surface area contributed by atoms with Gasteiger partial charge in [-0.15, -0.1) is 0 Å². The van der Waals surface area contributed by atoms with E-state index in [9.17, 15) is 9.59 Å². The van der Waals surface area contributed by atoms with Crippen molar-refractivity contribution >= 4 is 34.2 Å². The average Bonchev–Trinajstić information content (AvgIpc) is 2.80. The number of amides is 2. The lowest BCUT2D eigenvalue weighted by Crippen LogP contribution is -2.48. The summed E-state index contributed by atoms with van der Waals surface area (Å²) < 4.78 is 0. The second kappa shape index (κ2) is 11.1. The van der Waals surface area contributed by atoms with E-state index in [0.29, 0.717) is 36.9 Å². The predicted octanol–water partition coefficient (Wildman–Crippen LogP) is 5.62. The molecule has 0 aliphatic carbocycles. The van der Waals surface area contributed by atoms with Gasteiger partial charge in [0.25, 0.3) is 0 Å². The summed E-state index contributed by atoms with van der Waals surface area (Å²) in [6.45, 7) is 6.74. The molecule has 0 fully saturated rings. The summed E-state index contributed by atoms with van der Waals surface area (Å²) in [7, 11) is 0. The number of benzene rings is 3. The highest BCUT2D eigenvalue weighted by atomic mass is 35.5. The van der Waals surface area contributed by atoms with Gasteiger partial charge in [-0.05, 0) is 47.2 Å². The lowest BCUT2D eigenvalue weighted by atomic mass is 10.0. The van der Waals surface area contributed by atoms with Crippen LogP contribution in [0.25, 0.3) is 10.8 Å². The summed E-state index contributed by atoms with van der Waals surface area (Å²) in [5.41, 5.74) is 1.96. The number of halogens is 1. The normalized spacial score (nSPS) is 12.0. The fourth-order valence-corrected chi connectivity index (χ4v) is 3.94. The first-order valence-electron chi connectivity index (χ1n) is 11.1. The Kier molecular flexibility index (Phi) is 8.29. The average molecular weight is 451 g/mol. The zero-order valence-electron chi connectivity index (χ0n) is 19.0. The van der Waals surface area contributed by atoms with E-state index in [1.807, 2.05) is 50.2 Å². The molecule has 1 atom stereocenters. The number of fused-ring (bicyclic) bond motifs is 1. The quantitative estimate of drug-likeness (QED) is 0.460. The first-order valence-corrected chi connectivity index (χ1v) is 11.5. The SMILES string of the molecule is CC(C)CNC(=O)[C@@H](C)N(Cc1ccccc1Cl)C(=O)CCc1cccc2ccccc12. The van der Waals surface area contributed by atoms with E-state index in [2.05, 4.69) is 29.6 Å². The van der Waals surface area contributed by atoms with Gasteiger partial charge in [0.05, 0.1) is 0 Å². The molecular formula is C27H31ClN2O2. The Morgan fingerprint density at radius 1 is 0.906 bits per heavy atom. The van der Waals surface area contributed by atoms with Gasteiger partial charge in [-0.2, -0.15) is 0 Å². The summed E-state index contributed by atoms with van der Waals surface area (Å²) in [6.07, 6.45) is 0.930. The number of hydrogen-bond donors (Lipinski definition) is 1. The third kappa shape index (κ3) is 6.10. The van der Waals surface area contributed by atoms with Crippen LogP contribution < -0.4 is 5.32 Å². The summed E-state index contributed by atoms with van der Waals surface area (Å²) in [5.74, 6) is 0.125. The maximum absolute atomic E-state index is 13.4. The first-order chi connectivity index (χ1) is 15.4. The first kappa shape index (κ1) is 23.8. The van der Waals surface area contributed by atoms with E-state index in [1.165, 1.54) is 0 Å². The van der Waals surface area contributed by atoms with Crippen LogP contribution in [-0.4, -0.2) is 29.3 Å². The topological polar surface area (TPSA) is 49.4 Å². The van der Waals surface area contributed by atoms with E-state index in [0.717, 1.165) is 21.9 Å². The number of nitrogens with zero attached hydrogens (tertiary/aromatic N) is 1. The highest BCUT2D eigenvalue weighted by Crippen LogP contribution is 2.22. The lowest BCUT2D eigenvalue weighted by molar-refractivity contribution is -0.140. The fraction of sp³-hybridized carbons (Fsp3) is 0.333. The van der Waals surface area contributed by atoms with E-state index < -0.39 is 6.04 Å². The highest BCUT2D eigenvalue weighted by molar-refractivity contribution is 6.31. The molecule has 0 unspecified atom stereocenters. The minimum Gasteiger partial charge on any atom is -0.354 e. The maximum atomic E-state index is 13.4. The van der Waals surface area contributed by atoms with Crippen molar-refractivity contribution in [3.8, 4) is 0 Å². The molecule has 3 aromatic rings. The molecule has 168 valence electrons. The van der Waals surface area contributed by atoms with Gasteiger partial charge in [0.2, 0.25) is 11.8 Å². The monoisotopic (exact) mass is 450 g/mol. The van der Waals surface area contributed by atoms with Crippen LogP contribution in [0.5, 0.6) is 0 Å². The van der Waals surface area contributed by atoms with Gasteiger partial charge in [0.1, 0.15) is 6.04 Å². The number of hydrogen-bond acceptors (Lipinski definition) is 2. The number of carbonyl (C=O) groups excluding carboxylic acids is 2. The molecule has 5 heteroatoms. The minimum absolute atomic E-state index is 0.0648. The van der Waals surface area contributed by atoms with Crippen LogP contribution in [0.4, 0.5) is 0 Å². The van der Waals surface area contributed by atoms with Crippen molar-refractivity contribution in [1.29, 1.82) is 0 Å². The standard InChI is InChI=1S/C27H31ClN2O2/c1-19(2)17-29-27(32)20(3)30(18-23-10-5-7-14-25(23)28)26(31)16-15-22-12-8-11-21-9-4-6-13-24(21)22/h4-14,19-20H,15-18H2,1-3H3,(H,29,32)/t20-/m1/s1. The smallest absolute Gasteiger partial charge is 0.242 e. The van der Waals surface area contributed by atoms with Gasteiger partial charge < -0.3 is 10.2 Å². The van der Waals surface area contributed by atoms with Crippen LogP contribution in [0.1, 0.15) is 38.3 Å². The maximum Gasteiger partial charge on any atom is 0.242 e. The van der Waals surface area contributed by atoms with Crippen LogP contribution in [0.15, 0.2) is 66.7 Å². The molecule has 1 N–H and O–H groups in total. The Labute approximate surface area is 195 Å². The van der Waals surface area contributed by atoms with Gasteiger partial charge in [-0.25, -0.2) is 0 Å². The summed E-state index contributed by atoms with van der Waals surface area (Å²) in [6, 6.07) is 21.2. The summed E-state index contributed by atoms with van der Waals surface area (Å²) in [4.78, 5) is 27.8. The molecule has 0 saturated carbocycles. The van der Waals surface area contributed by atoms with E-state index >= 15 is 0 Å². The second-order valence-corrected chi connectivity index (χ2v) is 8.97. The molecule has 32 heavy (non-hydrogen) atoms. The molecule has 3 rings (SSSR count). The molecule has 0 radical (unpaired) electrons. The fourth-order valence-electron chi connectivity index (χ4n) is 3.74. The zero-order chi connectivity index (χ0) is 23.1. The molecule has 0 bridgehead atoms. The molecule has 0 spiro atoms. The number of aryl methyl sites for hydroxylation is 1. The third-order valence-corrected chi connectivity index (χ3v) is 6.01.